The van der Waals surface area contributed by atoms with Crippen molar-refractivity contribution in [2.24, 2.45) is 5.92 Å². The zero-order valence-electron chi connectivity index (χ0n) is 12.4. The number of carbonyl (C=O) groups is 1. The Bertz CT molecular complexity index is 362. The summed E-state index contributed by atoms with van der Waals surface area (Å²) in [6.07, 6.45) is -1.44. The molecule has 1 saturated carbocycles. The molecule has 0 unspecified atom stereocenters. The lowest BCUT2D eigenvalue weighted by Gasteiger charge is -2.32. The molecule has 4 nitrogen and oxygen atoms in total. The van der Waals surface area contributed by atoms with Gasteiger partial charge < -0.3 is 15.5 Å². The number of nitrogens with zero attached hydrogens (tertiary/aromatic N) is 1. The molecule has 7 heteroatoms. The van der Waals surface area contributed by atoms with E-state index in [4.69, 9.17) is 0 Å². The van der Waals surface area contributed by atoms with Crippen LogP contribution in [0.5, 0.6) is 0 Å². The van der Waals surface area contributed by atoms with Gasteiger partial charge in [-0.05, 0) is 32.6 Å². The van der Waals surface area contributed by atoms with Gasteiger partial charge in [0.25, 0.3) is 0 Å². The Kier molecular flexibility index (Phi) is 5.35. The number of amides is 2. The number of nitrogens with one attached hydrogen (secondary N) is 2. The smallest absolute Gasteiger partial charge is 0.338 e. The third kappa shape index (κ3) is 4.49. The molecule has 2 amide bonds. The quantitative estimate of drug-likeness (QED) is 0.841. The van der Waals surface area contributed by atoms with Crippen molar-refractivity contribution >= 4 is 6.03 Å². The molecule has 1 aliphatic carbocycles. The summed E-state index contributed by atoms with van der Waals surface area (Å²) in [6.45, 7) is 3.70. The highest BCUT2D eigenvalue weighted by molar-refractivity contribution is 5.74. The molecule has 0 aromatic rings. The average Bonchev–Trinajstić information content (AvgIpc) is 2.87. The molecule has 21 heavy (non-hydrogen) atoms. The molecule has 3 atom stereocenters. The van der Waals surface area contributed by atoms with Crippen molar-refractivity contribution in [1.82, 2.24) is 15.5 Å². The van der Waals surface area contributed by atoms with E-state index in [2.05, 4.69) is 10.6 Å². The first kappa shape index (κ1) is 16.4. The van der Waals surface area contributed by atoms with Gasteiger partial charge in [-0.1, -0.05) is 6.42 Å². The molecule has 0 aromatic heterocycles. The Morgan fingerprint density at radius 3 is 2.67 bits per heavy atom. The molecule has 2 fully saturated rings. The number of hydrogen-bond acceptors (Lipinski definition) is 2. The summed E-state index contributed by atoms with van der Waals surface area (Å²) < 4.78 is 38.4. The van der Waals surface area contributed by atoms with Crippen molar-refractivity contribution in [2.45, 2.75) is 57.3 Å². The van der Waals surface area contributed by atoms with E-state index in [1.807, 2.05) is 6.92 Å². The van der Waals surface area contributed by atoms with Crippen LogP contribution in [-0.2, 0) is 0 Å². The first-order chi connectivity index (χ1) is 9.90. The topological polar surface area (TPSA) is 44.4 Å². The lowest BCUT2D eigenvalue weighted by molar-refractivity contribution is -0.183. The van der Waals surface area contributed by atoms with Crippen molar-refractivity contribution in [1.29, 1.82) is 0 Å². The van der Waals surface area contributed by atoms with Crippen molar-refractivity contribution in [3.63, 3.8) is 0 Å². The number of likely N-dealkylation sites (tertiary alicyclic amines) is 1. The van der Waals surface area contributed by atoms with Gasteiger partial charge in [0, 0.05) is 31.7 Å². The van der Waals surface area contributed by atoms with E-state index in [0.717, 1.165) is 12.8 Å². The van der Waals surface area contributed by atoms with Gasteiger partial charge in [-0.25, -0.2) is 4.79 Å². The predicted molar refractivity (Wildman–Crippen MR) is 74.0 cm³/mol. The fraction of sp³-hybridized carbons (Fsp3) is 0.929. The number of rotatable bonds is 3. The Labute approximate surface area is 123 Å². The van der Waals surface area contributed by atoms with Crippen LogP contribution in [0.15, 0.2) is 0 Å². The number of halogens is 3. The van der Waals surface area contributed by atoms with Crippen LogP contribution in [0.3, 0.4) is 0 Å². The van der Waals surface area contributed by atoms with Crippen molar-refractivity contribution in [3.05, 3.63) is 0 Å². The standard InChI is InChI=1S/C14H24F3N3O/c1-2-18-13(21)20-7-6-12(9-20)19-11-5-3-4-10(8-11)14(15,16)17/h10-12,19H,2-9H2,1H3,(H,18,21)/t10-,11-,12+/m1/s1. The first-order valence-electron chi connectivity index (χ1n) is 7.75. The van der Waals surface area contributed by atoms with Crippen LogP contribution in [0.2, 0.25) is 0 Å². The number of alkyl halides is 3. The van der Waals surface area contributed by atoms with Crippen LogP contribution in [0.25, 0.3) is 0 Å². The first-order valence-corrected chi connectivity index (χ1v) is 7.75. The highest BCUT2D eigenvalue weighted by Crippen LogP contribution is 2.37. The molecule has 1 aliphatic heterocycles. The molecular formula is C14H24F3N3O. The van der Waals surface area contributed by atoms with Crippen LogP contribution in [-0.4, -0.2) is 48.8 Å². The molecule has 0 radical (unpaired) electrons. The van der Waals surface area contributed by atoms with E-state index in [1.165, 1.54) is 0 Å². The van der Waals surface area contributed by atoms with Gasteiger partial charge in [0.15, 0.2) is 0 Å². The molecule has 0 aromatic carbocycles. The van der Waals surface area contributed by atoms with E-state index >= 15 is 0 Å². The minimum Gasteiger partial charge on any atom is -0.338 e. The molecular weight excluding hydrogens is 283 g/mol. The Morgan fingerprint density at radius 2 is 2.00 bits per heavy atom. The fourth-order valence-corrected chi connectivity index (χ4v) is 3.32. The van der Waals surface area contributed by atoms with Gasteiger partial charge in [0.1, 0.15) is 0 Å². The van der Waals surface area contributed by atoms with E-state index in [0.29, 0.717) is 26.1 Å². The van der Waals surface area contributed by atoms with Gasteiger partial charge >= 0.3 is 12.2 Å². The van der Waals surface area contributed by atoms with E-state index in [1.54, 1.807) is 4.90 Å². The van der Waals surface area contributed by atoms with Gasteiger partial charge in [-0.15, -0.1) is 0 Å². The number of hydrogen-bond donors (Lipinski definition) is 2. The van der Waals surface area contributed by atoms with Crippen LogP contribution in [0, 0.1) is 5.92 Å². The maximum atomic E-state index is 12.8. The van der Waals surface area contributed by atoms with E-state index < -0.39 is 12.1 Å². The lowest BCUT2D eigenvalue weighted by Crippen LogP contribution is -2.46. The maximum absolute atomic E-state index is 12.8. The fourth-order valence-electron chi connectivity index (χ4n) is 3.32. The second-order valence-electron chi connectivity index (χ2n) is 6.04. The molecule has 2 aliphatic rings. The molecule has 0 spiro atoms. The monoisotopic (exact) mass is 307 g/mol. The Morgan fingerprint density at radius 1 is 1.24 bits per heavy atom. The maximum Gasteiger partial charge on any atom is 0.391 e. The summed E-state index contributed by atoms with van der Waals surface area (Å²) in [5.74, 6) is -1.18. The molecule has 1 saturated heterocycles. The molecule has 2 rings (SSSR count). The third-order valence-electron chi connectivity index (χ3n) is 4.41. The van der Waals surface area contributed by atoms with Gasteiger partial charge in [-0.2, -0.15) is 13.2 Å². The normalized spacial score (nSPS) is 30.5. The predicted octanol–water partition coefficient (Wildman–Crippen LogP) is 2.50. The van der Waals surface area contributed by atoms with Gasteiger partial charge in [0.05, 0.1) is 5.92 Å². The van der Waals surface area contributed by atoms with Gasteiger partial charge in [-0.3, -0.25) is 0 Å². The molecule has 1 heterocycles. The SMILES string of the molecule is CCNC(=O)N1CC[C@H](N[C@@H]2CCC[C@@H](C(F)(F)F)C2)C1. The summed E-state index contributed by atoms with van der Waals surface area (Å²) in [4.78, 5) is 13.4. The molecule has 2 N–H and O–H groups in total. The molecule has 0 bridgehead atoms. The summed E-state index contributed by atoms with van der Waals surface area (Å²) >= 11 is 0. The van der Waals surface area contributed by atoms with Crippen LogP contribution in [0.4, 0.5) is 18.0 Å². The third-order valence-corrected chi connectivity index (χ3v) is 4.41. The van der Waals surface area contributed by atoms with Crippen LogP contribution in [0.1, 0.15) is 39.0 Å². The van der Waals surface area contributed by atoms with Crippen molar-refractivity contribution < 1.29 is 18.0 Å². The largest absolute Gasteiger partial charge is 0.391 e. The second kappa shape index (κ2) is 6.85. The Hall–Kier alpha value is -0.980. The van der Waals surface area contributed by atoms with Crippen molar-refractivity contribution in [3.8, 4) is 0 Å². The minimum atomic E-state index is -4.08. The van der Waals surface area contributed by atoms with Crippen LogP contribution < -0.4 is 10.6 Å². The number of urea groups is 1. The highest BCUT2D eigenvalue weighted by Gasteiger charge is 2.42. The summed E-state index contributed by atoms with van der Waals surface area (Å²) in [5, 5.41) is 6.07. The van der Waals surface area contributed by atoms with E-state index in [-0.39, 0.29) is 31.0 Å². The lowest BCUT2D eigenvalue weighted by atomic mass is 9.85. The minimum absolute atomic E-state index is 0.0791. The highest BCUT2D eigenvalue weighted by atomic mass is 19.4. The van der Waals surface area contributed by atoms with Crippen molar-refractivity contribution in [2.75, 3.05) is 19.6 Å². The second-order valence-corrected chi connectivity index (χ2v) is 6.04. The zero-order chi connectivity index (χ0) is 15.5. The van der Waals surface area contributed by atoms with E-state index in [9.17, 15) is 18.0 Å². The van der Waals surface area contributed by atoms with Crippen LogP contribution >= 0.6 is 0 Å². The van der Waals surface area contributed by atoms with Gasteiger partial charge in [0.2, 0.25) is 0 Å². The average molecular weight is 307 g/mol. The summed E-state index contributed by atoms with van der Waals surface area (Å²) in [5.41, 5.74) is 0. The summed E-state index contributed by atoms with van der Waals surface area (Å²) in [7, 11) is 0. The summed E-state index contributed by atoms with van der Waals surface area (Å²) in [6, 6.07) is -0.0484. The number of carbonyl (C=O) groups excluding carboxylic acids is 1. The zero-order valence-corrected chi connectivity index (χ0v) is 12.4. The molecule has 122 valence electrons. The Balaban J connectivity index is 1.79.